The van der Waals surface area contributed by atoms with Crippen molar-refractivity contribution in [1.29, 1.82) is 0 Å². The molecule has 5 heteroatoms. The molecule has 1 aliphatic heterocycles. The third-order valence-electron chi connectivity index (χ3n) is 1.52. The molecular formula is C8H14ClNO3. The van der Waals surface area contributed by atoms with Crippen molar-refractivity contribution < 1.29 is 14.7 Å². The standard InChI is InChI=1S/C6H11NO.C2H3ClO2/c8-6-4-2-1-3-5-7-6;3-1-2(4)5/h1-5H2,(H,7,8);1H2,(H,4,5). The summed E-state index contributed by atoms with van der Waals surface area (Å²) in [5.74, 6) is -1.06. The quantitative estimate of drug-likeness (QED) is 0.630. The third-order valence-corrected chi connectivity index (χ3v) is 1.75. The largest absolute Gasteiger partial charge is 0.480 e. The van der Waals surface area contributed by atoms with Gasteiger partial charge in [-0.2, -0.15) is 0 Å². The van der Waals surface area contributed by atoms with E-state index in [2.05, 4.69) is 5.32 Å². The Labute approximate surface area is 82.3 Å². The average Bonchev–Trinajstić information content (AvgIpc) is 2.33. The molecule has 0 aromatic heterocycles. The van der Waals surface area contributed by atoms with Gasteiger partial charge in [-0.15, -0.1) is 11.6 Å². The number of hydrogen-bond donors (Lipinski definition) is 2. The van der Waals surface area contributed by atoms with E-state index in [1.807, 2.05) is 0 Å². The summed E-state index contributed by atoms with van der Waals surface area (Å²) >= 11 is 4.74. The fraction of sp³-hybridized carbons (Fsp3) is 0.750. The number of carboxylic acids is 1. The van der Waals surface area contributed by atoms with E-state index >= 15 is 0 Å². The highest BCUT2D eigenvalue weighted by molar-refractivity contribution is 6.26. The summed E-state index contributed by atoms with van der Waals surface area (Å²) in [5, 5.41) is 10.4. The summed E-state index contributed by atoms with van der Waals surface area (Å²) in [5.41, 5.74) is 0. The Morgan fingerprint density at radius 2 is 2.08 bits per heavy atom. The first-order chi connectivity index (χ1) is 6.16. The van der Waals surface area contributed by atoms with Gasteiger partial charge in [0, 0.05) is 13.0 Å². The van der Waals surface area contributed by atoms with Crippen molar-refractivity contribution in [3.63, 3.8) is 0 Å². The highest BCUT2D eigenvalue weighted by Crippen LogP contribution is 2.02. The average molecular weight is 208 g/mol. The van der Waals surface area contributed by atoms with Gasteiger partial charge < -0.3 is 10.4 Å². The van der Waals surface area contributed by atoms with Crippen LogP contribution >= 0.6 is 11.6 Å². The maximum Gasteiger partial charge on any atom is 0.318 e. The van der Waals surface area contributed by atoms with Gasteiger partial charge in [0.1, 0.15) is 5.88 Å². The van der Waals surface area contributed by atoms with Crippen molar-refractivity contribution in [2.45, 2.75) is 25.7 Å². The molecule has 0 aromatic carbocycles. The number of amides is 1. The van der Waals surface area contributed by atoms with Crippen molar-refractivity contribution in [3.05, 3.63) is 0 Å². The van der Waals surface area contributed by atoms with E-state index in [9.17, 15) is 9.59 Å². The molecule has 0 radical (unpaired) electrons. The van der Waals surface area contributed by atoms with Crippen LogP contribution in [0.3, 0.4) is 0 Å². The number of halogens is 1. The van der Waals surface area contributed by atoms with E-state index in [0.717, 1.165) is 25.8 Å². The normalized spacial score (nSPS) is 16.2. The van der Waals surface area contributed by atoms with E-state index in [4.69, 9.17) is 16.7 Å². The van der Waals surface area contributed by atoms with Crippen LogP contribution in [-0.2, 0) is 9.59 Å². The lowest BCUT2D eigenvalue weighted by atomic mass is 10.2. The molecule has 0 unspecified atom stereocenters. The lowest BCUT2D eigenvalue weighted by Gasteiger charge is -1.93. The molecule has 4 nitrogen and oxygen atoms in total. The van der Waals surface area contributed by atoms with Crippen LogP contribution < -0.4 is 5.32 Å². The fourth-order valence-electron chi connectivity index (χ4n) is 0.904. The van der Waals surface area contributed by atoms with Crippen LogP contribution in [0.4, 0.5) is 0 Å². The summed E-state index contributed by atoms with van der Waals surface area (Å²) in [6.45, 7) is 0.888. The molecule has 13 heavy (non-hydrogen) atoms. The van der Waals surface area contributed by atoms with E-state index < -0.39 is 5.97 Å². The molecule has 76 valence electrons. The van der Waals surface area contributed by atoms with Gasteiger partial charge in [-0.3, -0.25) is 9.59 Å². The van der Waals surface area contributed by atoms with Crippen LogP contribution in [0.25, 0.3) is 0 Å². The molecule has 0 spiro atoms. The SMILES string of the molecule is O=C(O)CCl.O=C1CCCCCN1. The molecule has 1 fully saturated rings. The maximum atomic E-state index is 10.6. The minimum atomic E-state index is -0.980. The Kier molecular flexibility index (Phi) is 7.39. The zero-order valence-corrected chi connectivity index (χ0v) is 8.14. The lowest BCUT2D eigenvalue weighted by molar-refractivity contribution is -0.134. The van der Waals surface area contributed by atoms with Gasteiger partial charge in [-0.1, -0.05) is 6.42 Å². The number of rotatable bonds is 1. The first-order valence-electron chi connectivity index (χ1n) is 4.21. The summed E-state index contributed by atoms with van der Waals surface area (Å²) in [6, 6.07) is 0. The summed E-state index contributed by atoms with van der Waals surface area (Å²) < 4.78 is 0. The fourth-order valence-corrected chi connectivity index (χ4v) is 0.904. The van der Waals surface area contributed by atoms with Gasteiger partial charge in [0.05, 0.1) is 0 Å². The molecular weight excluding hydrogens is 194 g/mol. The second-order valence-electron chi connectivity index (χ2n) is 2.69. The zero-order chi connectivity index (χ0) is 10.1. The molecule has 0 atom stereocenters. The molecule has 2 N–H and O–H groups in total. The Morgan fingerprint density at radius 1 is 1.46 bits per heavy atom. The predicted octanol–water partition coefficient (Wildman–Crippen LogP) is 0.986. The number of carbonyl (C=O) groups is 2. The first kappa shape index (κ1) is 12.2. The minimum absolute atomic E-state index is 0.225. The Morgan fingerprint density at radius 3 is 2.62 bits per heavy atom. The van der Waals surface area contributed by atoms with Crippen LogP contribution in [-0.4, -0.2) is 29.4 Å². The first-order valence-corrected chi connectivity index (χ1v) is 4.74. The van der Waals surface area contributed by atoms with Gasteiger partial charge in [0.15, 0.2) is 0 Å². The predicted molar refractivity (Wildman–Crippen MR) is 49.8 cm³/mol. The van der Waals surface area contributed by atoms with Gasteiger partial charge in [0.2, 0.25) is 5.91 Å². The highest BCUT2D eigenvalue weighted by atomic mass is 35.5. The van der Waals surface area contributed by atoms with E-state index in [1.165, 1.54) is 6.42 Å². The second-order valence-corrected chi connectivity index (χ2v) is 2.96. The zero-order valence-electron chi connectivity index (χ0n) is 7.38. The Balaban J connectivity index is 0.000000252. The Bertz CT molecular complexity index is 163. The van der Waals surface area contributed by atoms with E-state index in [0.29, 0.717) is 0 Å². The third kappa shape index (κ3) is 9.14. The Hall–Kier alpha value is -0.770. The smallest absolute Gasteiger partial charge is 0.318 e. The molecule has 1 aliphatic rings. The van der Waals surface area contributed by atoms with Crippen molar-refractivity contribution >= 4 is 23.5 Å². The number of carbonyl (C=O) groups excluding carboxylic acids is 1. The van der Waals surface area contributed by atoms with Crippen LogP contribution in [0.1, 0.15) is 25.7 Å². The van der Waals surface area contributed by atoms with Crippen molar-refractivity contribution in [3.8, 4) is 0 Å². The summed E-state index contributed by atoms with van der Waals surface area (Å²) in [4.78, 5) is 19.8. The highest BCUT2D eigenvalue weighted by Gasteiger charge is 2.03. The minimum Gasteiger partial charge on any atom is -0.480 e. The summed E-state index contributed by atoms with van der Waals surface area (Å²) in [7, 11) is 0. The lowest BCUT2D eigenvalue weighted by Crippen LogP contribution is -2.21. The number of aliphatic carboxylic acids is 1. The number of hydrogen-bond acceptors (Lipinski definition) is 2. The van der Waals surface area contributed by atoms with Crippen LogP contribution in [0, 0.1) is 0 Å². The molecule has 1 heterocycles. The molecule has 0 aromatic rings. The molecule has 1 saturated heterocycles. The van der Waals surface area contributed by atoms with Crippen LogP contribution in [0.5, 0.6) is 0 Å². The number of nitrogens with one attached hydrogen (secondary N) is 1. The number of alkyl halides is 1. The monoisotopic (exact) mass is 207 g/mol. The van der Waals surface area contributed by atoms with Crippen molar-refractivity contribution in [2.24, 2.45) is 0 Å². The summed E-state index contributed by atoms with van der Waals surface area (Å²) in [6.07, 6.45) is 4.18. The van der Waals surface area contributed by atoms with Gasteiger partial charge >= 0.3 is 5.97 Å². The maximum absolute atomic E-state index is 10.6. The van der Waals surface area contributed by atoms with E-state index in [-0.39, 0.29) is 11.8 Å². The van der Waals surface area contributed by atoms with Crippen LogP contribution in [0.2, 0.25) is 0 Å². The van der Waals surface area contributed by atoms with Crippen molar-refractivity contribution in [2.75, 3.05) is 12.4 Å². The van der Waals surface area contributed by atoms with E-state index in [1.54, 1.807) is 0 Å². The molecule has 0 bridgehead atoms. The van der Waals surface area contributed by atoms with Gasteiger partial charge in [0.25, 0.3) is 0 Å². The topological polar surface area (TPSA) is 66.4 Å². The molecule has 0 aliphatic carbocycles. The van der Waals surface area contributed by atoms with Crippen LogP contribution in [0.15, 0.2) is 0 Å². The van der Waals surface area contributed by atoms with Gasteiger partial charge in [-0.25, -0.2) is 0 Å². The second kappa shape index (κ2) is 7.86. The number of carboxylic acid groups (broad SMARTS) is 1. The molecule has 1 amide bonds. The molecule has 0 saturated carbocycles. The molecule has 1 rings (SSSR count). The van der Waals surface area contributed by atoms with Gasteiger partial charge in [-0.05, 0) is 12.8 Å². The van der Waals surface area contributed by atoms with Crippen molar-refractivity contribution in [1.82, 2.24) is 5.32 Å².